The largest absolute Gasteiger partial charge is 0.402 e. The smallest absolute Gasteiger partial charge is 0.363 e. The van der Waals surface area contributed by atoms with Gasteiger partial charge in [-0.1, -0.05) is 30.4 Å². The molecule has 0 aromatic heterocycles. The zero-order valence-corrected chi connectivity index (χ0v) is 14.2. The van der Waals surface area contributed by atoms with E-state index in [1.165, 1.54) is 0 Å². The van der Waals surface area contributed by atoms with Gasteiger partial charge in [0, 0.05) is 12.7 Å². The van der Waals surface area contributed by atoms with Crippen molar-refractivity contribution in [3.05, 3.63) is 72.0 Å². The zero-order valence-electron chi connectivity index (χ0n) is 14.2. The number of cyclic esters (lactones) is 1. The minimum atomic E-state index is -0.432. The predicted octanol–water partition coefficient (Wildman–Crippen LogP) is 3.18. The molecular formula is C20H21NO4. The van der Waals surface area contributed by atoms with Crippen LogP contribution in [0.2, 0.25) is 0 Å². The number of nitrogens with zero attached hydrogens (tertiary/aromatic N) is 1. The van der Waals surface area contributed by atoms with E-state index in [4.69, 9.17) is 14.2 Å². The molecule has 0 spiro atoms. The molecule has 1 aliphatic carbocycles. The Hall–Kier alpha value is -2.50. The van der Waals surface area contributed by atoms with Gasteiger partial charge >= 0.3 is 5.97 Å². The second-order valence-electron chi connectivity index (χ2n) is 5.84. The first-order valence-corrected chi connectivity index (χ1v) is 8.25. The summed E-state index contributed by atoms with van der Waals surface area (Å²) in [6, 6.07) is 9.38. The van der Waals surface area contributed by atoms with Crippen molar-refractivity contribution in [3.8, 4) is 0 Å². The summed E-state index contributed by atoms with van der Waals surface area (Å²) in [4.78, 5) is 16.4. The van der Waals surface area contributed by atoms with Gasteiger partial charge in [-0.2, -0.15) is 0 Å². The number of carbonyl (C=O) groups excluding carboxylic acids is 1. The zero-order chi connectivity index (χ0) is 17.6. The number of hydrogen-bond donors (Lipinski definition) is 0. The third kappa shape index (κ3) is 4.13. The maximum absolute atomic E-state index is 12.1. The van der Waals surface area contributed by atoms with E-state index in [-0.39, 0.29) is 12.2 Å². The number of ether oxygens (including phenoxy) is 3. The Labute approximate surface area is 147 Å². The van der Waals surface area contributed by atoms with Crippen LogP contribution in [-0.4, -0.2) is 37.8 Å². The van der Waals surface area contributed by atoms with E-state index >= 15 is 0 Å². The number of hydrogen-bond acceptors (Lipinski definition) is 5. The lowest BCUT2D eigenvalue weighted by Crippen LogP contribution is -2.32. The first-order chi connectivity index (χ1) is 12.2. The summed E-state index contributed by atoms with van der Waals surface area (Å²) in [6.45, 7) is 4.15. The molecule has 0 N–H and O–H groups in total. The van der Waals surface area contributed by atoms with Crippen LogP contribution in [0.4, 0.5) is 0 Å². The summed E-state index contributed by atoms with van der Waals surface area (Å²) in [5.74, 6) is -0.0949. The lowest BCUT2D eigenvalue weighted by Gasteiger charge is -2.28. The van der Waals surface area contributed by atoms with Crippen LogP contribution in [0.3, 0.4) is 0 Å². The van der Waals surface area contributed by atoms with E-state index < -0.39 is 5.97 Å². The molecule has 2 unspecified atom stereocenters. The van der Waals surface area contributed by atoms with Crippen LogP contribution >= 0.6 is 0 Å². The van der Waals surface area contributed by atoms with Crippen molar-refractivity contribution in [2.75, 3.05) is 13.7 Å². The van der Waals surface area contributed by atoms with Gasteiger partial charge in [-0.3, -0.25) is 0 Å². The number of rotatable bonds is 6. The van der Waals surface area contributed by atoms with Crippen LogP contribution in [0.5, 0.6) is 0 Å². The molecular weight excluding hydrogens is 318 g/mol. The summed E-state index contributed by atoms with van der Waals surface area (Å²) in [7, 11) is 1.65. The van der Waals surface area contributed by atoms with Gasteiger partial charge < -0.3 is 14.2 Å². The lowest BCUT2D eigenvalue weighted by atomic mass is 9.94. The Morgan fingerprint density at radius 1 is 1.36 bits per heavy atom. The highest BCUT2D eigenvalue weighted by molar-refractivity contribution is 6.11. The van der Waals surface area contributed by atoms with Crippen LogP contribution in [0, 0.1) is 0 Å². The van der Waals surface area contributed by atoms with Gasteiger partial charge in [0.05, 0.1) is 12.7 Å². The molecule has 2 atom stereocenters. The maximum atomic E-state index is 12.1. The van der Waals surface area contributed by atoms with E-state index in [0.29, 0.717) is 18.2 Å². The second kappa shape index (κ2) is 8.05. The molecule has 0 fully saturated rings. The van der Waals surface area contributed by atoms with Crippen LogP contribution in [-0.2, 0) is 19.0 Å². The van der Waals surface area contributed by atoms with Crippen molar-refractivity contribution in [2.24, 2.45) is 4.99 Å². The highest BCUT2D eigenvalue weighted by atomic mass is 16.6. The molecule has 0 saturated carbocycles. The molecule has 1 aromatic carbocycles. The monoisotopic (exact) mass is 339 g/mol. The molecule has 1 heterocycles. The van der Waals surface area contributed by atoms with Crippen molar-refractivity contribution in [1.29, 1.82) is 0 Å². The summed E-state index contributed by atoms with van der Waals surface area (Å²) in [5, 5.41) is 0. The number of carbonyl (C=O) groups is 1. The SMILES string of the molecule is C=CCOC1CCC(/C=C2\N=C(c3ccccc3)OC2=O)=CC1OC. The highest BCUT2D eigenvalue weighted by Gasteiger charge is 2.27. The summed E-state index contributed by atoms with van der Waals surface area (Å²) >= 11 is 0. The van der Waals surface area contributed by atoms with Gasteiger partial charge in [0.25, 0.3) is 0 Å². The number of methoxy groups -OCH3 is 1. The molecule has 130 valence electrons. The van der Waals surface area contributed by atoms with E-state index in [9.17, 15) is 4.79 Å². The number of allylic oxidation sites excluding steroid dienone is 2. The number of benzene rings is 1. The van der Waals surface area contributed by atoms with Crippen molar-refractivity contribution < 1.29 is 19.0 Å². The highest BCUT2D eigenvalue weighted by Crippen LogP contribution is 2.26. The molecule has 0 amide bonds. The Morgan fingerprint density at radius 3 is 2.88 bits per heavy atom. The Morgan fingerprint density at radius 2 is 2.16 bits per heavy atom. The van der Waals surface area contributed by atoms with Gasteiger partial charge in [-0.05, 0) is 36.6 Å². The van der Waals surface area contributed by atoms with Crippen molar-refractivity contribution in [2.45, 2.75) is 25.0 Å². The minimum absolute atomic E-state index is 0.0101. The third-order valence-electron chi connectivity index (χ3n) is 4.13. The molecule has 5 heteroatoms. The van der Waals surface area contributed by atoms with Crippen LogP contribution in [0.25, 0.3) is 0 Å². The quantitative estimate of drug-likeness (QED) is 0.454. The lowest BCUT2D eigenvalue weighted by molar-refractivity contribution is -0.130. The van der Waals surface area contributed by atoms with Gasteiger partial charge in [0.2, 0.25) is 5.90 Å². The van der Waals surface area contributed by atoms with Gasteiger partial charge in [0.1, 0.15) is 6.10 Å². The molecule has 0 radical (unpaired) electrons. The van der Waals surface area contributed by atoms with Crippen molar-refractivity contribution in [3.63, 3.8) is 0 Å². The van der Waals surface area contributed by atoms with Crippen LogP contribution < -0.4 is 0 Å². The molecule has 1 aromatic rings. The molecule has 0 saturated heterocycles. The average Bonchev–Trinajstić information content (AvgIpc) is 3.02. The standard InChI is InChI=1S/C20H21NO4/c1-3-11-24-17-10-9-14(13-18(17)23-2)12-16-20(22)25-19(21-16)15-7-5-4-6-8-15/h3-8,12-13,17-18H,1,9-11H2,2H3/b16-12-. The Kier molecular flexibility index (Phi) is 5.58. The van der Waals surface area contributed by atoms with Gasteiger partial charge in [-0.15, -0.1) is 6.58 Å². The molecule has 3 rings (SSSR count). The molecule has 2 aliphatic rings. The third-order valence-corrected chi connectivity index (χ3v) is 4.13. The average molecular weight is 339 g/mol. The number of esters is 1. The Balaban J connectivity index is 1.78. The van der Waals surface area contributed by atoms with Gasteiger partial charge in [-0.25, -0.2) is 9.79 Å². The molecule has 5 nitrogen and oxygen atoms in total. The normalized spacial score (nSPS) is 24.7. The summed E-state index contributed by atoms with van der Waals surface area (Å²) in [5.41, 5.74) is 2.09. The molecule has 1 aliphatic heterocycles. The van der Waals surface area contributed by atoms with Gasteiger partial charge in [0.15, 0.2) is 5.70 Å². The van der Waals surface area contributed by atoms with E-state index in [1.54, 1.807) is 19.3 Å². The summed E-state index contributed by atoms with van der Waals surface area (Å²) < 4.78 is 16.5. The number of aliphatic imine (C=N–C) groups is 1. The topological polar surface area (TPSA) is 57.1 Å². The van der Waals surface area contributed by atoms with E-state index in [1.807, 2.05) is 36.4 Å². The fraction of sp³-hybridized carbons (Fsp3) is 0.300. The molecule has 0 bridgehead atoms. The van der Waals surface area contributed by atoms with E-state index in [2.05, 4.69) is 11.6 Å². The summed E-state index contributed by atoms with van der Waals surface area (Å²) in [6.07, 6.45) is 6.91. The predicted molar refractivity (Wildman–Crippen MR) is 95.2 cm³/mol. The van der Waals surface area contributed by atoms with Crippen LogP contribution in [0.15, 0.2) is 71.4 Å². The minimum Gasteiger partial charge on any atom is -0.402 e. The fourth-order valence-electron chi connectivity index (χ4n) is 2.87. The maximum Gasteiger partial charge on any atom is 0.363 e. The molecule has 25 heavy (non-hydrogen) atoms. The first-order valence-electron chi connectivity index (χ1n) is 8.25. The first kappa shape index (κ1) is 17.3. The second-order valence-corrected chi connectivity index (χ2v) is 5.84. The Bertz CT molecular complexity index is 733. The van der Waals surface area contributed by atoms with Crippen molar-refractivity contribution in [1.82, 2.24) is 0 Å². The van der Waals surface area contributed by atoms with E-state index in [0.717, 1.165) is 24.0 Å². The van der Waals surface area contributed by atoms with Crippen LogP contribution in [0.1, 0.15) is 18.4 Å². The fourth-order valence-corrected chi connectivity index (χ4v) is 2.87. The van der Waals surface area contributed by atoms with Crippen molar-refractivity contribution >= 4 is 11.9 Å².